The standard InChI is InChI=1S/C12H19N3O4S/c1-15(2)20(17,18)14-8-7-13-12(16)10-5-4-6-11(9-10)19-3/h4-6,9,14H,7-8H2,1-3H3,(H,13,16). The van der Waals surface area contributed by atoms with Gasteiger partial charge in [0.25, 0.3) is 16.1 Å². The lowest BCUT2D eigenvalue weighted by Crippen LogP contribution is -2.40. The summed E-state index contributed by atoms with van der Waals surface area (Å²) in [6.07, 6.45) is 0. The number of hydrogen-bond acceptors (Lipinski definition) is 4. The Kier molecular flexibility index (Phi) is 5.93. The monoisotopic (exact) mass is 301 g/mol. The first-order valence-corrected chi connectivity index (χ1v) is 7.40. The van der Waals surface area contributed by atoms with Gasteiger partial charge in [0.1, 0.15) is 5.75 Å². The van der Waals surface area contributed by atoms with Crippen LogP contribution in [0.5, 0.6) is 5.75 Å². The summed E-state index contributed by atoms with van der Waals surface area (Å²) < 4.78 is 31.3. The van der Waals surface area contributed by atoms with Gasteiger partial charge in [-0.15, -0.1) is 0 Å². The van der Waals surface area contributed by atoms with Gasteiger partial charge >= 0.3 is 0 Å². The van der Waals surface area contributed by atoms with Crippen molar-refractivity contribution in [3.8, 4) is 5.75 Å². The van der Waals surface area contributed by atoms with E-state index in [1.165, 1.54) is 21.2 Å². The molecule has 0 saturated carbocycles. The minimum atomic E-state index is -3.46. The average molecular weight is 301 g/mol. The molecule has 0 heterocycles. The summed E-state index contributed by atoms with van der Waals surface area (Å²) in [7, 11) is 0.917. The first-order valence-electron chi connectivity index (χ1n) is 5.96. The molecule has 0 aliphatic rings. The van der Waals surface area contributed by atoms with Crippen molar-refractivity contribution in [2.24, 2.45) is 0 Å². The van der Waals surface area contributed by atoms with E-state index in [0.29, 0.717) is 11.3 Å². The van der Waals surface area contributed by atoms with Crippen LogP contribution in [0.3, 0.4) is 0 Å². The van der Waals surface area contributed by atoms with Gasteiger partial charge < -0.3 is 10.1 Å². The number of nitrogens with one attached hydrogen (secondary N) is 2. The van der Waals surface area contributed by atoms with E-state index in [0.717, 1.165) is 4.31 Å². The maximum absolute atomic E-state index is 11.8. The summed E-state index contributed by atoms with van der Waals surface area (Å²) in [5.41, 5.74) is 0.458. The molecule has 0 saturated heterocycles. The molecule has 112 valence electrons. The fourth-order valence-corrected chi connectivity index (χ4v) is 1.97. The van der Waals surface area contributed by atoms with Gasteiger partial charge in [-0.3, -0.25) is 4.79 Å². The third-order valence-corrected chi connectivity index (χ3v) is 4.04. The van der Waals surface area contributed by atoms with E-state index in [2.05, 4.69) is 10.0 Å². The van der Waals surface area contributed by atoms with Crippen molar-refractivity contribution in [1.29, 1.82) is 0 Å². The van der Waals surface area contributed by atoms with Crippen LogP contribution in [0.15, 0.2) is 24.3 Å². The van der Waals surface area contributed by atoms with Gasteiger partial charge in [-0.2, -0.15) is 12.7 Å². The Morgan fingerprint density at radius 3 is 2.60 bits per heavy atom. The number of ether oxygens (including phenoxy) is 1. The van der Waals surface area contributed by atoms with Crippen LogP contribution in [0.2, 0.25) is 0 Å². The zero-order chi connectivity index (χ0) is 15.2. The van der Waals surface area contributed by atoms with Crippen LogP contribution < -0.4 is 14.8 Å². The molecular weight excluding hydrogens is 282 g/mol. The van der Waals surface area contributed by atoms with E-state index in [1.54, 1.807) is 24.3 Å². The van der Waals surface area contributed by atoms with Crippen molar-refractivity contribution in [3.63, 3.8) is 0 Å². The van der Waals surface area contributed by atoms with Crippen LogP contribution in [0.1, 0.15) is 10.4 Å². The maximum atomic E-state index is 11.8. The molecule has 1 rings (SSSR count). The van der Waals surface area contributed by atoms with E-state index in [9.17, 15) is 13.2 Å². The van der Waals surface area contributed by atoms with Crippen LogP contribution in [-0.2, 0) is 10.2 Å². The summed E-state index contributed by atoms with van der Waals surface area (Å²) in [4.78, 5) is 11.8. The van der Waals surface area contributed by atoms with E-state index >= 15 is 0 Å². The molecule has 0 aliphatic carbocycles. The highest BCUT2D eigenvalue weighted by Crippen LogP contribution is 2.12. The molecule has 0 aliphatic heterocycles. The summed E-state index contributed by atoms with van der Waals surface area (Å²) in [5, 5.41) is 2.62. The highest BCUT2D eigenvalue weighted by molar-refractivity contribution is 7.87. The number of benzene rings is 1. The molecule has 0 fully saturated rings. The Balaban J connectivity index is 2.44. The van der Waals surface area contributed by atoms with Crippen LogP contribution in [-0.4, -0.2) is 52.9 Å². The number of amides is 1. The topological polar surface area (TPSA) is 87.7 Å². The second kappa shape index (κ2) is 7.22. The fourth-order valence-electron chi connectivity index (χ4n) is 1.35. The molecule has 0 bridgehead atoms. The van der Waals surface area contributed by atoms with Crippen LogP contribution in [0.4, 0.5) is 0 Å². The van der Waals surface area contributed by atoms with Crippen molar-refractivity contribution >= 4 is 16.1 Å². The molecule has 1 amide bonds. The molecule has 8 heteroatoms. The molecule has 7 nitrogen and oxygen atoms in total. The van der Waals surface area contributed by atoms with Gasteiger partial charge in [0.05, 0.1) is 7.11 Å². The minimum absolute atomic E-state index is 0.121. The lowest BCUT2D eigenvalue weighted by atomic mass is 10.2. The minimum Gasteiger partial charge on any atom is -0.497 e. The van der Waals surface area contributed by atoms with Gasteiger partial charge in [-0.1, -0.05) is 6.07 Å². The molecule has 0 radical (unpaired) electrons. The molecule has 0 atom stereocenters. The molecule has 20 heavy (non-hydrogen) atoms. The highest BCUT2D eigenvalue weighted by Gasteiger charge is 2.12. The molecule has 0 aromatic heterocycles. The van der Waals surface area contributed by atoms with Gasteiger partial charge in [0.15, 0.2) is 0 Å². The largest absolute Gasteiger partial charge is 0.497 e. The van der Waals surface area contributed by atoms with Crippen molar-refractivity contribution in [3.05, 3.63) is 29.8 Å². The summed E-state index contributed by atoms with van der Waals surface area (Å²) in [6, 6.07) is 6.71. The van der Waals surface area contributed by atoms with E-state index in [4.69, 9.17) is 4.74 Å². The Hall–Kier alpha value is -1.64. The van der Waals surface area contributed by atoms with E-state index in [1.807, 2.05) is 0 Å². The SMILES string of the molecule is COc1cccc(C(=O)NCCNS(=O)(=O)N(C)C)c1. The number of rotatable bonds is 7. The molecule has 1 aromatic carbocycles. The third kappa shape index (κ3) is 4.80. The quantitative estimate of drug-likeness (QED) is 0.684. The molecule has 1 aromatic rings. The summed E-state index contributed by atoms with van der Waals surface area (Å²) in [5.74, 6) is 0.305. The van der Waals surface area contributed by atoms with Crippen LogP contribution >= 0.6 is 0 Å². The van der Waals surface area contributed by atoms with Crippen molar-refractivity contribution in [1.82, 2.24) is 14.3 Å². The Bertz CT molecular complexity index is 558. The van der Waals surface area contributed by atoms with Gasteiger partial charge in [-0.05, 0) is 18.2 Å². The molecule has 2 N–H and O–H groups in total. The predicted octanol–water partition coefficient (Wildman–Crippen LogP) is -0.179. The fraction of sp³-hybridized carbons (Fsp3) is 0.417. The van der Waals surface area contributed by atoms with E-state index in [-0.39, 0.29) is 19.0 Å². The Labute approximate surface area is 119 Å². The molecule has 0 spiro atoms. The number of hydrogen-bond donors (Lipinski definition) is 2. The van der Waals surface area contributed by atoms with Crippen molar-refractivity contribution in [2.45, 2.75) is 0 Å². The maximum Gasteiger partial charge on any atom is 0.278 e. The third-order valence-electron chi connectivity index (χ3n) is 2.51. The second-order valence-electron chi connectivity index (χ2n) is 4.17. The Morgan fingerprint density at radius 1 is 1.30 bits per heavy atom. The normalized spacial score (nSPS) is 11.4. The predicted molar refractivity (Wildman–Crippen MR) is 75.9 cm³/mol. The molecule has 0 unspecified atom stereocenters. The zero-order valence-electron chi connectivity index (χ0n) is 11.7. The summed E-state index contributed by atoms with van der Waals surface area (Å²) >= 11 is 0. The lowest BCUT2D eigenvalue weighted by molar-refractivity contribution is 0.0954. The number of carbonyl (C=O) groups is 1. The summed E-state index contributed by atoms with van der Waals surface area (Å²) in [6.45, 7) is 0.319. The highest BCUT2D eigenvalue weighted by atomic mass is 32.2. The van der Waals surface area contributed by atoms with Crippen molar-refractivity contribution < 1.29 is 17.9 Å². The number of methoxy groups -OCH3 is 1. The lowest BCUT2D eigenvalue weighted by Gasteiger charge is -2.12. The molecular formula is C12H19N3O4S. The van der Waals surface area contributed by atoms with Crippen molar-refractivity contribution in [2.75, 3.05) is 34.3 Å². The Morgan fingerprint density at radius 2 is 2.00 bits per heavy atom. The van der Waals surface area contributed by atoms with E-state index < -0.39 is 10.2 Å². The smallest absolute Gasteiger partial charge is 0.278 e. The first kappa shape index (κ1) is 16.4. The van der Waals surface area contributed by atoms with Crippen LogP contribution in [0.25, 0.3) is 0 Å². The number of carbonyl (C=O) groups excluding carboxylic acids is 1. The van der Waals surface area contributed by atoms with Gasteiger partial charge in [0, 0.05) is 32.7 Å². The average Bonchev–Trinajstić information content (AvgIpc) is 2.43. The van der Waals surface area contributed by atoms with Gasteiger partial charge in [0.2, 0.25) is 0 Å². The zero-order valence-corrected chi connectivity index (χ0v) is 12.5. The number of nitrogens with zero attached hydrogens (tertiary/aromatic N) is 1. The second-order valence-corrected chi connectivity index (χ2v) is 6.14. The van der Waals surface area contributed by atoms with Gasteiger partial charge in [-0.25, -0.2) is 4.72 Å². The van der Waals surface area contributed by atoms with Crippen LogP contribution in [0, 0.1) is 0 Å². The first-order chi connectivity index (χ1) is 9.36.